The minimum absolute atomic E-state index is 0.0299. The molecule has 1 aliphatic heterocycles. The topological polar surface area (TPSA) is 82.3 Å². The summed E-state index contributed by atoms with van der Waals surface area (Å²) in [6.45, 7) is 4.07. The van der Waals surface area contributed by atoms with Crippen LogP contribution in [0.5, 0.6) is 5.75 Å². The lowest BCUT2D eigenvalue weighted by Crippen LogP contribution is -2.27. The number of aromatic hydroxyl groups is 1. The molecular formula is C25H20ClN3O3S. The third-order valence-electron chi connectivity index (χ3n) is 5.07. The first-order valence-corrected chi connectivity index (χ1v) is 11.3. The van der Waals surface area contributed by atoms with E-state index >= 15 is 0 Å². The van der Waals surface area contributed by atoms with Crippen molar-refractivity contribution in [1.82, 2.24) is 4.90 Å². The third kappa shape index (κ3) is 5.32. The smallest absolute Gasteiger partial charge is 0.293 e. The monoisotopic (exact) mass is 477 g/mol. The highest BCUT2D eigenvalue weighted by atomic mass is 35.5. The van der Waals surface area contributed by atoms with Crippen molar-refractivity contribution in [3.05, 3.63) is 92.8 Å². The SMILES string of the molecule is Cc1ccc(CN2C(=O)S/C(=C\c3cc(N=Nc4ccc(C)c(Cl)c4)ccc3O)C2=O)cc1. The number of azo groups is 1. The van der Waals surface area contributed by atoms with Gasteiger partial charge in [-0.15, -0.1) is 0 Å². The first-order chi connectivity index (χ1) is 15.8. The van der Waals surface area contributed by atoms with E-state index in [4.69, 9.17) is 11.6 Å². The number of hydrogen-bond acceptors (Lipinski definition) is 6. The molecule has 0 bridgehead atoms. The minimum Gasteiger partial charge on any atom is -0.507 e. The molecule has 2 amide bonds. The predicted molar refractivity (Wildman–Crippen MR) is 131 cm³/mol. The second kappa shape index (κ2) is 9.60. The van der Waals surface area contributed by atoms with Crippen LogP contribution in [0.15, 0.2) is 75.8 Å². The number of phenols is 1. The maximum Gasteiger partial charge on any atom is 0.293 e. The molecule has 33 heavy (non-hydrogen) atoms. The van der Waals surface area contributed by atoms with Crippen molar-refractivity contribution >= 4 is 52.0 Å². The molecule has 166 valence electrons. The van der Waals surface area contributed by atoms with Gasteiger partial charge in [0.1, 0.15) is 5.75 Å². The second-order valence-corrected chi connectivity index (χ2v) is 9.03. The van der Waals surface area contributed by atoms with Gasteiger partial charge in [-0.05, 0) is 73.1 Å². The van der Waals surface area contributed by atoms with E-state index in [9.17, 15) is 14.7 Å². The molecule has 0 aliphatic carbocycles. The highest BCUT2D eigenvalue weighted by Gasteiger charge is 2.35. The number of nitrogens with zero attached hydrogens (tertiary/aromatic N) is 3. The quantitative estimate of drug-likeness (QED) is 0.308. The van der Waals surface area contributed by atoms with E-state index < -0.39 is 5.91 Å². The fourth-order valence-electron chi connectivity index (χ4n) is 3.13. The molecule has 1 fully saturated rings. The summed E-state index contributed by atoms with van der Waals surface area (Å²) in [4.78, 5) is 26.7. The highest BCUT2D eigenvalue weighted by molar-refractivity contribution is 8.18. The average molecular weight is 478 g/mol. The molecule has 0 radical (unpaired) electrons. The molecule has 3 aromatic carbocycles. The van der Waals surface area contributed by atoms with Gasteiger partial charge in [0.25, 0.3) is 11.1 Å². The number of benzene rings is 3. The first kappa shape index (κ1) is 22.8. The summed E-state index contributed by atoms with van der Waals surface area (Å²) in [5, 5.41) is 18.9. The summed E-state index contributed by atoms with van der Waals surface area (Å²) in [7, 11) is 0. The minimum atomic E-state index is -0.397. The Hall–Kier alpha value is -3.42. The predicted octanol–water partition coefficient (Wildman–Crippen LogP) is 7.31. The van der Waals surface area contributed by atoms with Crippen LogP contribution in [0.4, 0.5) is 16.2 Å². The van der Waals surface area contributed by atoms with Gasteiger partial charge in [0, 0.05) is 10.6 Å². The molecule has 1 N–H and O–H groups in total. The standard InChI is InChI=1S/C25H20ClN3O3S/c1-15-3-6-17(7-4-15)14-29-24(31)23(33-25(29)32)12-18-11-19(9-10-22(18)30)27-28-20-8-5-16(2)21(26)13-20/h3-13,30H,14H2,1-2H3/b23-12-,28-27?. The van der Waals surface area contributed by atoms with Crippen LogP contribution in [0.2, 0.25) is 5.02 Å². The fraction of sp³-hybridized carbons (Fsp3) is 0.120. The zero-order valence-corrected chi connectivity index (χ0v) is 19.5. The van der Waals surface area contributed by atoms with Gasteiger partial charge in [-0.25, -0.2) is 0 Å². The molecule has 1 saturated heterocycles. The van der Waals surface area contributed by atoms with E-state index in [1.165, 1.54) is 17.0 Å². The number of amides is 2. The van der Waals surface area contributed by atoms with Crippen molar-refractivity contribution in [2.45, 2.75) is 20.4 Å². The van der Waals surface area contributed by atoms with E-state index in [2.05, 4.69) is 10.2 Å². The molecule has 8 heteroatoms. The normalized spacial score (nSPS) is 15.2. The van der Waals surface area contributed by atoms with Crippen LogP contribution in [0.25, 0.3) is 6.08 Å². The molecule has 4 rings (SSSR count). The number of thioether (sulfide) groups is 1. The number of rotatable bonds is 5. The van der Waals surface area contributed by atoms with Crippen LogP contribution in [0.1, 0.15) is 22.3 Å². The summed E-state index contributed by atoms with van der Waals surface area (Å²) in [5.74, 6) is -0.427. The molecule has 0 aromatic heterocycles. The van der Waals surface area contributed by atoms with Gasteiger partial charge >= 0.3 is 0 Å². The molecule has 1 aliphatic rings. The maximum atomic E-state index is 12.8. The first-order valence-electron chi connectivity index (χ1n) is 10.1. The van der Waals surface area contributed by atoms with Crippen molar-refractivity contribution in [3.8, 4) is 5.75 Å². The molecule has 0 saturated carbocycles. The fourth-order valence-corrected chi connectivity index (χ4v) is 4.14. The van der Waals surface area contributed by atoms with Crippen molar-refractivity contribution < 1.29 is 14.7 Å². The Kier molecular flexibility index (Phi) is 6.62. The summed E-state index contributed by atoms with van der Waals surface area (Å²) in [6, 6.07) is 17.7. The Morgan fingerprint density at radius 1 is 0.970 bits per heavy atom. The number of aryl methyl sites for hydroxylation is 2. The van der Waals surface area contributed by atoms with Gasteiger partial charge < -0.3 is 5.11 Å². The van der Waals surface area contributed by atoms with Gasteiger partial charge in [-0.1, -0.05) is 47.5 Å². The second-order valence-electron chi connectivity index (χ2n) is 7.63. The molecule has 0 spiro atoms. The van der Waals surface area contributed by atoms with Crippen LogP contribution in [-0.2, 0) is 11.3 Å². The van der Waals surface area contributed by atoms with E-state index in [1.54, 1.807) is 24.3 Å². The molecule has 1 heterocycles. The molecule has 0 unspecified atom stereocenters. The van der Waals surface area contributed by atoms with E-state index in [1.807, 2.05) is 44.2 Å². The summed E-state index contributed by atoms with van der Waals surface area (Å²) in [6.07, 6.45) is 1.50. The summed E-state index contributed by atoms with van der Waals surface area (Å²) >= 11 is 6.97. The van der Waals surface area contributed by atoms with E-state index in [0.717, 1.165) is 28.5 Å². The van der Waals surface area contributed by atoms with Crippen molar-refractivity contribution in [3.63, 3.8) is 0 Å². The Morgan fingerprint density at radius 3 is 2.33 bits per heavy atom. The number of carbonyl (C=O) groups is 2. The van der Waals surface area contributed by atoms with Crippen molar-refractivity contribution in [2.24, 2.45) is 10.2 Å². The zero-order valence-electron chi connectivity index (χ0n) is 17.9. The van der Waals surface area contributed by atoms with Gasteiger partial charge in [0.05, 0.1) is 22.8 Å². The van der Waals surface area contributed by atoms with Gasteiger partial charge in [0.15, 0.2) is 0 Å². The number of halogens is 1. The highest BCUT2D eigenvalue weighted by Crippen LogP contribution is 2.36. The van der Waals surface area contributed by atoms with Gasteiger partial charge in [-0.3, -0.25) is 14.5 Å². The Balaban J connectivity index is 1.55. The van der Waals surface area contributed by atoms with Gasteiger partial charge in [0.2, 0.25) is 0 Å². The molecular weight excluding hydrogens is 458 g/mol. The number of hydrogen-bond donors (Lipinski definition) is 1. The Morgan fingerprint density at radius 2 is 1.64 bits per heavy atom. The lowest BCUT2D eigenvalue weighted by molar-refractivity contribution is -0.123. The van der Waals surface area contributed by atoms with E-state index in [0.29, 0.717) is 22.0 Å². The third-order valence-corrected chi connectivity index (χ3v) is 6.38. The van der Waals surface area contributed by atoms with Crippen LogP contribution < -0.4 is 0 Å². The van der Waals surface area contributed by atoms with Crippen LogP contribution >= 0.6 is 23.4 Å². The number of carbonyl (C=O) groups excluding carboxylic acids is 2. The van der Waals surface area contributed by atoms with Crippen molar-refractivity contribution in [1.29, 1.82) is 0 Å². The zero-order chi connectivity index (χ0) is 23.5. The molecule has 3 aromatic rings. The maximum absolute atomic E-state index is 12.8. The molecule has 6 nitrogen and oxygen atoms in total. The average Bonchev–Trinajstić information content (AvgIpc) is 3.05. The lowest BCUT2D eigenvalue weighted by Gasteiger charge is -2.12. The Bertz CT molecular complexity index is 1300. The van der Waals surface area contributed by atoms with E-state index in [-0.39, 0.29) is 22.4 Å². The summed E-state index contributed by atoms with van der Waals surface area (Å²) < 4.78 is 0. The van der Waals surface area contributed by atoms with Gasteiger partial charge in [-0.2, -0.15) is 10.2 Å². The van der Waals surface area contributed by atoms with Crippen LogP contribution in [0, 0.1) is 13.8 Å². The molecule has 0 atom stereocenters. The van der Waals surface area contributed by atoms with Crippen molar-refractivity contribution in [2.75, 3.05) is 0 Å². The number of imide groups is 1. The van der Waals surface area contributed by atoms with Crippen LogP contribution in [-0.4, -0.2) is 21.2 Å². The lowest BCUT2D eigenvalue weighted by atomic mass is 10.1. The number of phenolic OH excluding ortho intramolecular Hbond substituents is 1. The Labute approximate surface area is 200 Å². The summed E-state index contributed by atoms with van der Waals surface area (Å²) in [5.41, 5.74) is 4.36. The van der Waals surface area contributed by atoms with Crippen LogP contribution in [0.3, 0.4) is 0 Å². The largest absolute Gasteiger partial charge is 0.507 e.